The Hall–Kier alpha value is -6.23. The van der Waals surface area contributed by atoms with Gasteiger partial charge in [0.2, 0.25) is 0 Å². The monoisotopic (exact) mass is 725 g/mol. The van der Waals surface area contributed by atoms with Crippen molar-refractivity contribution in [3.63, 3.8) is 0 Å². The zero-order valence-electron chi connectivity index (χ0n) is 32.0. The van der Waals surface area contributed by atoms with Crippen molar-refractivity contribution in [1.29, 1.82) is 0 Å². The molecule has 0 saturated heterocycles. The molecule has 0 fully saturated rings. The quantitative estimate of drug-likeness (QED) is 0.154. The van der Waals surface area contributed by atoms with Gasteiger partial charge in [-0.15, -0.1) is 0 Å². The van der Waals surface area contributed by atoms with Crippen molar-refractivity contribution in [2.24, 2.45) is 0 Å². The van der Waals surface area contributed by atoms with E-state index in [4.69, 9.17) is 15.0 Å². The van der Waals surface area contributed by atoms with Crippen molar-refractivity contribution in [3.8, 4) is 78.7 Å². The molecule has 9 rings (SSSR count). The molecule has 0 saturated carbocycles. The average molecular weight is 726 g/mol. The molecular formula is C51H43N3Si. The molecule has 8 aromatic rings. The smallest absolute Gasteiger partial charge is 0.164 e. The van der Waals surface area contributed by atoms with E-state index in [2.05, 4.69) is 191 Å². The second-order valence-electron chi connectivity index (χ2n) is 16.2. The van der Waals surface area contributed by atoms with Crippen LogP contribution in [0.4, 0.5) is 0 Å². The molecular weight excluding hydrogens is 683 g/mol. The zero-order valence-corrected chi connectivity index (χ0v) is 33.0. The van der Waals surface area contributed by atoms with Crippen LogP contribution in [0.15, 0.2) is 170 Å². The lowest BCUT2D eigenvalue weighted by atomic mass is 9.82. The molecule has 1 aliphatic rings. The van der Waals surface area contributed by atoms with Crippen LogP contribution >= 0.6 is 0 Å². The molecule has 0 atom stereocenters. The van der Waals surface area contributed by atoms with Crippen LogP contribution in [0, 0.1) is 0 Å². The van der Waals surface area contributed by atoms with Gasteiger partial charge in [0, 0.05) is 22.1 Å². The van der Waals surface area contributed by atoms with E-state index in [9.17, 15) is 0 Å². The number of rotatable bonds is 7. The third-order valence-corrected chi connectivity index (χ3v) is 13.2. The van der Waals surface area contributed by atoms with Gasteiger partial charge in [0.15, 0.2) is 17.5 Å². The lowest BCUT2D eigenvalue weighted by Crippen LogP contribution is -2.38. The van der Waals surface area contributed by atoms with Gasteiger partial charge in [0.05, 0.1) is 8.07 Å². The van der Waals surface area contributed by atoms with Crippen LogP contribution in [-0.4, -0.2) is 23.0 Å². The number of fused-ring (bicyclic) bond motifs is 3. The molecule has 4 heteroatoms. The van der Waals surface area contributed by atoms with Gasteiger partial charge < -0.3 is 0 Å². The molecule has 7 aromatic carbocycles. The van der Waals surface area contributed by atoms with Crippen molar-refractivity contribution >= 4 is 13.3 Å². The Morgan fingerprint density at radius 3 is 1.33 bits per heavy atom. The fourth-order valence-electron chi connectivity index (χ4n) is 7.89. The van der Waals surface area contributed by atoms with Crippen molar-refractivity contribution in [2.45, 2.75) is 38.9 Å². The second kappa shape index (κ2) is 13.6. The SMILES string of the molecule is CC1(C)c2ccc(-c3cccc(-c4nc(-c5ccc(-c6ccccc6)cc5)nc(-c5ccc(-c6ccccc6)cc5)n4)c3)cc2-c2ccc([Si](C)(C)C)cc21. The number of benzene rings is 7. The first-order valence-corrected chi connectivity index (χ1v) is 22.6. The van der Waals surface area contributed by atoms with Gasteiger partial charge in [0.25, 0.3) is 0 Å². The highest BCUT2D eigenvalue weighted by atomic mass is 28.3. The van der Waals surface area contributed by atoms with E-state index in [1.165, 1.54) is 44.1 Å². The van der Waals surface area contributed by atoms with Crippen LogP contribution in [0.25, 0.3) is 78.7 Å². The summed E-state index contributed by atoms with van der Waals surface area (Å²) in [4.78, 5) is 15.3. The Bertz CT molecular complexity index is 2570. The summed E-state index contributed by atoms with van der Waals surface area (Å²) in [5, 5.41) is 1.51. The summed E-state index contributed by atoms with van der Waals surface area (Å²) in [5.74, 6) is 1.94. The normalized spacial score (nSPS) is 13.0. The predicted molar refractivity (Wildman–Crippen MR) is 233 cm³/mol. The molecule has 1 heterocycles. The molecule has 266 valence electrons. The summed E-state index contributed by atoms with van der Waals surface area (Å²) in [6, 6.07) is 60.7. The molecule has 0 aliphatic heterocycles. The van der Waals surface area contributed by atoms with E-state index in [1.54, 1.807) is 0 Å². The number of hydrogen-bond acceptors (Lipinski definition) is 3. The van der Waals surface area contributed by atoms with Gasteiger partial charge in [-0.1, -0.05) is 196 Å². The predicted octanol–water partition coefficient (Wildman–Crippen LogP) is 12.7. The van der Waals surface area contributed by atoms with Gasteiger partial charge in [-0.3, -0.25) is 0 Å². The molecule has 0 radical (unpaired) electrons. The fourth-order valence-corrected chi connectivity index (χ4v) is 9.05. The lowest BCUT2D eigenvalue weighted by molar-refractivity contribution is 0.661. The standard InChI is InChI=1S/C51H43N3Si/c1-51(2)46-30-27-41(32-45(46)44-29-28-43(33-47(44)51)55(3,4)5)40-17-12-18-42(31-40)50-53-48(38-23-19-36(20-24-38)34-13-8-6-9-14-34)52-49(54-50)39-25-21-37(22-26-39)35-15-10-7-11-16-35/h6-33H,1-5H3. The summed E-state index contributed by atoms with van der Waals surface area (Å²) < 4.78 is 0. The van der Waals surface area contributed by atoms with Crippen molar-refractivity contribution < 1.29 is 0 Å². The van der Waals surface area contributed by atoms with E-state index in [0.29, 0.717) is 17.5 Å². The highest BCUT2D eigenvalue weighted by Gasteiger charge is 2.36. The van der Waals surface area contributed by atoms with Gasteiger partial charge in [-0.2, -0.15) is 0 Å². The van der Waals surface area contributed by atoms with Crippen molar-refractivity contribution in [1.82, 2.24) is 15.0 Å². The van der Waals surface area contributed by atoms with Crippen LogP contribution in [0.2, 0.25) is 19.6 Å². The fraction of sp³-hybridized carbons (Fsp3) is 0.118. The average Bonchev–Trinajstić information content (AvgIpc) is 3.46. The van der Waals surface area contributed by atoms with Crippen molar-refractivity contribution in [3.05, 3.63) is 181 Å². The topological polar surface area (TPSA) is 38.7 Å². The maximum Gasteiger partial charge on any atom is 0.164 e. The molecule has 1 aromatic heterocycles. The van der Waals surface area contributed by atoms with Crippen LogP contribution in [0.5, 0.6) is 0 Å². The Labute approximate surface area is 325 Å². The van der Waals surface area contributed by atoms with Crippen LogP contribution in [0.3, 0.4) is 0 Å². The van der Waals surface area contributed by atoms with Gasteiger partial charge in [-0.05, 0) is 67.8 Å². The van der Waals surface area contributed by atoms with E-state index in [1.807, 2.05) is 12.1 Å². The maximum absolute atomic E-state index is 5.12. The molecule has 0 amide bonds. The minimum atomic E-state index is -1.45. The lowest BCUT2D eigenvalue weighted by Gasteiger charge is -2.24. The highest BCUT2D eigenvalue weighted by molar-refractivity contribution is 6.88. The number of hydrogen-bond donors (Lipinski definition) is 0. The molecule has 0 unspecified atom stereocenters. The highest BCUT2D eigenvalue weighted by Crippen LogP contribution is 2.49. The van der Waals surface area contributed by atoms with E-state index < -0.39 is 8.07 Å². The van der Waals surface area contributed by atoms with E-state index >= 15 is 0 Å². The summed E-state index contributed by atoms with van der Waals surface area (Å²) in [7, 11) is -1.45. The maximum atomic E-state index is 5.12. The summed E-state index contributed by atoms with van der Waals surface area (Å²) in [6.07, 6.45) is 0. The van der Waals surface area contributed by atoms with Crippen LogP contribution in [0.1, 0.15) is 25.0 Å². The zero-order chi connectivity index (χ0) is 37.7. The van der Waals surface area contributed by atoms with Gasteiger partial charge in [-0.25, -0.2) is 15.0 Å². The first-order valence-electron chi connectivity index (χ1n) is 19.1. The Balaban J connectivity index is 1.12. The summed E-state index contributed by atoms with van der Waals surface area (Å²) >= 11 is 0. The van der Waals surface area contributed by atoms with Crippen LogP contribution < -0.4 is 5.19 Å². The van der Waals surface area contributed by atoms with Crippen molar-refractivity contribution in [2.75, 3.05) is 0 Å². The van der Waals surface area contributed by atoms with Gasteiger partial charge >= 0.3 is 0 Å². The third kappa shape index (κ3) is 6.53. The minimum Gasteiger partial charge on any atom is -0.208 e. The summed E-state index contributed by atoms with van der Waals surface area (Å²) in [5.41, 5.74) is 15.3. The molecule has 0 N–H and O–H groups in total. The third-order valence-electron chi connectivity index (χ3n) is 11.1. The molecule has 1 aliphatic carbocycles. The largest absolute Gasteiger partial charge is 0.208 e. The number of nitrogens with zero attached hydrogens (tertiary/aromatic N) is 3. The van der Waals surface area contributed by atoms with E-state index in [0.717, 1.165) is 33.4 Å². The molecule has 0 bridgehead atoms. The Morgan fingerprint density at radius 1 is 0.345 bits per heavy atom. The minimum absolute atomic E-state index is 0.0447. The number of aromatic nitrogens is 3. The first kappa shape index (κ1) is 34.5. The Morgan fingerprint density at radius 2 is 0.782 bits per heavy atom. The first-order chi connectivity index (χ1) is 26.6. The molecule has 3 nitrogen and oxygen atoms in total. The van der Waals surface area contributed by atoms with Crippen LogP contribution in [-0.2, 0) is 5.41 Å². The summed E-state index contributed by atoms with van der Waals surface area (Å²) in [6.45, 7) is 12.0. The van der Waals surface area contributed by atoms with E-state index in [-0.39, 0.29) is 5.41 Å². The molecule has 55 heavy (non-hydrogen) atoms. The van der Waals surface area contributed by atoms with Gasteiger partial charge in [0.1, 0.15) is 0 Å². The second-order valence-corrected chi connectivity index (χ2v) is 21.2. The Kier molecular flexibility index (Phi) is 8.51. The molecule has 0 spiro atoms.